The van der Waals surface area contributed by atoms with E-state index in [-0.39, 0.29) is 0 Å². The Bertz CT molecular complexity index is 964. The van der Waals surface area contributed by atoms with Crippen LogP contribution in [-0.4, -0.2) is 20.5 Å². The summed E-state index contributed by atoms with van der Waals surface area (Å²) >= 11 is 0. The summed E-state index contributed by atoms with van der Waals surface area (Å²) in [5, 5.41) is 4.69. The zero-order chi connectivity index (χ0) is 15.8. The van der Waals surface area contributed by atoms with Crippen molar-refractivity contribution in [1.29, 1.82) is 0 Å². The van der Waals surface area contributed by atoms with Crippen LogP contribution in [0.1, 0.15) is 22.5 Å². The second-order valence-corrected chi connectivity index (χ2v) is 5.40. The van der Waals surface area contributed by atoms with E-state index < -0.39 is 5.91 Å². The number of carbonyl (C=O) groups excluding carboxylic acids is 1. The van der Waals surface area contributed by atoms with E-state index in [0.717, 1.165) is 29.0 Å². The van der Waals surface area contributed by atoms with Crippen molar-refractivity contribution < 1.29 is 4.79 Å². The smallest absolute Gasteiger partial charge is 0.248 e. The molecule has 112 valence electrons. The number of benzene rings is 1. The number of imidazole rings is 1. The molecule has 1 aliphatic carbocycles. The first-order valence-corrected chi connectivity index (χ1v) is 7.33. The lowest BCUT2D eigenvalue weighted by molar-refractivity contribution is 0.100. The predicted molar refractivity (Wildman–Crippen MR) is 88.7 cm³/mol. The Labute approximate surface area is 132 Å². The van der Waals surface area contributed by atoms with Crippen molar-refractivity contribution in [3.05, 3.63) is 72.1 Å². The second kappa shape index (κ2) is 5.21. The molecule has 4 rings (SSSR count). The quantitative estimate of drug-likeness (QED) is 0.808. The molecule has 2 heterocycles. The average molecular weight is 302 g/mol. The van der Waals surface area contributed by atoms with E-state index in [2.05, 4.69) is 17.1 Å². The van der Waals surface area contributed by atoms with Crippen molar-refractivity contribution in [3.63, 3.8) is 0 Å². The molecule has 1 amide bonds. The first-order chi connectivity index (χ1) is 11.2. The van der Waals surface area contributed by atoms with Crippen LogP contribution in [0.3, 0.4) is 0 Å². The Morgan fingerprint density at radius 3 is 2.65 bits per heavy atom. The molecule has 0 saturated carbocycles. The van der Waals surface area contributed by atoms with Crippen LogP contribution in [0.2, 0.25) is 0 Å². The predicted octanol–water partition coefficient (Wildman–Crippen LogP) is 2.84. The van der Waals surface area contributed by atoms with Crippen molar-refractivity contribution >= 4 is 17.1 Å². The molecule has 0 atom stereocenters. The van der Waals surface area contributed by atoms with E-state index in [1.807, 2.05) is 41.1 Å². The molecule has 0 radical (unpaired) electrons. The highest BCUT2D eigenvalue weighted by Gasteiger charge is 2.12. The topological polar surface area (TPSA) is 73.3 Å². The van der Waals surface area contributed by atoms with E-state index in [1.54, 1.807) is 12.1 Å². The minimum Gasteiger partial charge on any atom is -0.366 e. The SMILES string of the molecule is NC(=O)c1ccc(-c2ccc3ncc(C4=CC=CC4)n3n2)cc1. The van der Waals surface area contributed by atoms with Gasteiger partial charge in [0.2, 0.25) is 5.91 Å². The molecule has 5 nitrogen and oxygen atoms in total. The summed E-state index contributed by atoms with van der Waals surface area (Å²) in [5.74, 6) is -0.433. The summed E-state index contributed by atoms with van der Waals surface area (Å²) in [4.78, 5) is 15.6. The Morgan fingerprint density at radius 2 is 1.96 bits per heavy atom. The van der Waals surface area contributed by atoms with Crippen LogP contribution in [0.4, 0.5) is 0 Å². The number of amides is 1. The third-order valence-electron chi connectivity index (χ3n) is 3.93. The molecule has 1 aliphatic rings. The molecular weight excluding hydrogens is 288 g/mol. The van der Waals surface area contributed by atoms with Crippen LogP contribution in [-0.2, 0) is 0 Å². The molecule has 0 saturated heterocycles. The van der Waals surface area contributed by atoms with Crippen LogP contribution >= 0.6 is 0 Å². The van der Waals surface area contributed by atoms with Gasteiger partial charge in [0.25, 0.3) is 0 Å². The highest BCUT2D eigenvalue weighted by Crippen LogP contribution is 2.25. The normalized spacial score (nSPS) is 13.5. The van der Waals surface area contributed by atoms with Crippen LogP contribution in [0, 0.1) is 0 Å². The minimum atomic E-state index is -0.433. The molecule has 0 aliphatic heterocycles. The van der Waals surface area contributed by atoms with Gasteiger partial charge in [-0.2, -0.15) is 5.10 Å². The maximum atomic E-state index is 11.2. The van der Waals surface area contributed by atoms with E-state index in [4.69, 9.17) is 10.8 Å². The monoisotopic (exact) mass is 302 g/mol. The number of hydrogen-bond donors (Lipinski definition) is 1. The fourth-order valence-electron chi connectivity index (χ4n) is 2.69. The number of nitrogens with two attached hydrogens (primary N) is 1. The van der Waals surface area contributed by atoms with E-state index >= 15 is 0 Å². The van der Waals surface area contributed by atoms with Crippen molar-refractivity contribution in [1.82, 2.24) is 14.6 Å². The van der Waals surface area contributed by atoms with Gasteiger partial charge in [-0.1, -0.05) is 30.4 Å². The van der Waals surface area contributed by atoms with Gasteiger partial charge in [-0.25, -0.2) is 9.50 Å². The summed E-state index contributed by atoms with van der Waals surface area (Å²) in [7, 11) is 0. The lowest BCUT2D eigenvalue weighted by Gasteiger charge is -2.05. The minimum absolute atomic E-state index is 0.433. The molecule has 2 aromatic heterocycles. The van der Waals surface area contributed by atoms with Crippen molar-refractivity contribution in [2.75, 3.05) is 0 Å². The lowest BCUT2D eigenvalue weighted by Crippen LogP contribution is -2.10. The summed E-state index contributed by atoms with van der Waals surface area (Å²) < 4.78 is 1.86. The van der Waals surface area contributed by atoms with Crippen LogP contribution in [0.25, 0.3) is 22.5 Å². The number of fused-ring (bicyclic) bond motifs is 1. The molecule has 0 fully saturated rings. The molecule has 3 aromatic rings. The van der Waals surface area contributed by atoms with Gasteiger partial charge < -0.3 is 5.73 Å². The largest absolute Gasteiger partial charge is 0.366 e. The third kappa shape index (κ3) is 2.32. The first-order valence-electron chi connectivity index (χ1n) is 7.33. The lowest BCUT2D eigenvalue weighted by atomic mass is 10.1. The number of nitrogens with zero attached hydrogens (tertiary/aromatic N) is 3. The summed E-state index contributed by atoms with van der Waals surface area (Å²) in [6, 6.07) is 11.0. The summed E-state index contributed by atoms with van der Waals surface area (Å²) in [5.41, 5.74) is 10.5. The highest BCUT2D eigenvalue weighted by atomic mass is 16.1. The zero-order valence-corrected chi connectivity index (χ0v) is 12.3. The molecular formula is C18H14N4O. The summed E-state index contributed by atoms with van der Waals surface area (Å²) in [6.45, 7) is 0. The molecule has 1 aromatic carbocycles. The van der Waals surface area contributed by atoms with Gasteiger partial charge in [-0.15, -0.1) is 0 Å². The first kappa shape index (κ1) is 13.5. The average Bonchev–Trinajstić information content (AvgIpc) is 3.23. The molecule has 0 spiro atoms. The molecule has 2 N–H and O–H groups in total. The van der Waals surface area contributed by atoms with Gasteiger partial charge in [0, 0.05) is 11.1 Å². The van der Waals surface area contributed by atoms with Gasteiger partial charge in [0.1, 0.15) is 0 Å². The summed E-state index contributed by atoms with van der Waals surface area (Å²) in [6.07, 6.45) is 8.98. The highest BCUT2D eigenvalue weighted by molar-refractivity contribution is 5.93. The van der Waals surface area contributed by atoms with E-state index in [0.29, 0.717) is 5.56 Å². The Kier molecular flexibility index (Phi) is 3.05. The van der Waals surface area contributed by atoms with Gasteiger partial charge in [0.05, 0.1) is 17.6 Å². The van der Waals surface area contributed by atoms with Gasteiger partial charge in [-0.05, 0) is 36.3 Å². The molecule has 5 heteroatoms. The van der Waals surface area contributed by atoms with E-state index in [9.17, 15) is 4.79 Å². The number of rotatable bonds is 3. The van der Waals surface area contributed by atoms with Gasteiger partial charge >= 0.3 is 0 Å². The Hall–Kier alpha value is -3.21. The Morgan fingerprint density at radius 1 is 1.13 bits per heavy atom. The maximum Gasteiger partial charge on any atom is 0.248 e. The fraction of sp³-hybridized carbons (Fsp3) is 0.0556. The van der Waals surface area contributed by atoms with Crippen molar-refractivity contribution in [3.8, 4) is 11.3 Å². The zero-order valence-electron chi connectivity index (χ0n) is 12.3. The Balaban J connectivity index is 1.78. The van der Waals surface area contributed by atoms with Crippen LogP contribution in [0.15, 0.2) is 60.8 Å². The maximum absolute atomic E-state index is 11.2. The van der Waals surface area contributed by atoms with Crippen molar-refractivity contribution in [2.45, 2.75) is 6.42 Å². The number of allylic oxidation sites excluding steroid dienone is 4. The molecule has 0 bridgehead atoms. The number of hydrogen-bond acceptors (Lipinski definition) is 3. The number of aromatic nitrogens is 3. The van der Waals surface area contributed by atoms with E-state index in [1.165, 1.54) is 5.57 Å². The third-order valence-corrected chi connectivity index (χ3v) is 3.93. The fourth-order valence-corrected chi connectivity index (χ4v) is 2.69. The van der Waals surface area contributed by atoms with Crippen molar-refractivity contribution in [2.24, 2.45) is 5.73 Å². The van der Waals surface area contributed by atoms with Crippen LogP contribution in [0.5, 0.6) is 0 Å². The van der Waals surface area contributed by atoms with Gasteiger partial charge in [0.15, 0.2) is 5.65 Å². The van der Waals surface area contributed by atoms with Crippen LogP contribution < -0.4 is 5.73 Å². The number of primary amides is 1. The number of carbonyl (C=O) groups is 1. The van der Waals surface area contributed by atoms with Gasteiger partial charge in [-0.3, -0.25) is 4.79 Å². The molecule has 0 unspecified atom stereocenters. The second-order valence-electron chi connectivity index (χ2n) is 5.40. The standard InChI is InChI=1S/C18H14N4O/c19-18(23)14-7-5-12(6-8-14)15-9-10-17-20-11-16(22(17)21-15)13-3-1-2-4-13/h1-3,5-11H,4H2,(H2,19,23). The molecule has 23 heavy (non-hydrogen) atoms.